The molecule has 0 saturated heterocycles. The lowest BCUT2D eigenvalue weighted by molar-refractivity contribution is 0.282. The smallest absolute Gasteiger partial charge is 0.0576 e. The second-order valence-corrected chi connectivity index (χ2v) is 4.20. The number of hydrogen-bond acceptors (Lipinski definition) is 3. The summed E-state index contributed by atoms with van der Waals surface area (Å²) in [6.07, 6.45) is 0.718. The van der Waals surface area contributed by atoms with Crippen LogP contribution in [-0.2, 0) is 0 Å². The van der Waals surface area contributed by atoms with Crippen molar-refractivity contribution in [1.29, 1.82) is 0 Å². The second-order valence-electron chi connectivity index (χ2n) is 3.29. The summed E-state index contributed by atoms with van der Waals surface area (Å²) in [5.41, 5.74) is 7.43. The van der Waals surface area contributed by atoms with E-state index in [1.54, 1.807) is 0 Å². The van der Waals surface area contributed by atoms with Crippen LogP contribution < -0.4 is 11.1 Å². The Morgan fingerprint density at radius 2 is 2.29 bits per heavy atom. The minimum Gasteiger partial charge on any atom is -0.397 e. The summed E-state index contributed by atoms with van der Waals surface area (Å²) in [7, 11) is 0. The molecule has 1 aromatic rings. The van der Waals surface area contributed by atoms with Crippen LogP contribution in [0.25, 0.3) is 0 Å². The van der Waals surface area contributed by atoms with Gasteiger partial charge in [-0.3, -0.25) is 0 Å². The Hall–Kier alpha value is -0.740. The van der Waals surface area contributed by atoms with Crippen LogP contribution in [-0.4, -0.2) is 17.8 Å². The molecule has 0 amide bonds. The van der Waals surface area contributed by atoms with E-state index in [0.29, 0.717) is 5.69 Å². The van der Waals surface area contributed by atoms with Gasteiger partial charge in [0.2, 0.25) is 0 Å². The van der Waals surface area contributed by atoms with Gasteiger partial charge >= 0.3 is 0 Å². The van der Waals surface area contributed by atoms with E-state index in [4.69, 9.17) is 10.8 Å². The Morgan fingerprint density at radius 3 is 2.86 bits per heavy atom. The highest BCUT2D eigenvalue weighted by molar-refractivity contribution is 9.10. The molecule has 1 rings (SSSR count). The lowest BCUT2D eigenvalue weighted by Crippen LogP contribution is -2.17. The van der Waals surface area contributed by atoms with Crippen LogP contribution >= 0.6 is 15.9 Å². The SMILES string of the molecule is CC(CCO)Nc1ccc(Br)cc1N. The van der Waals surface area contributed by atoms with Gasteiger partial charge in [-0.15, -0.1) is 0 Å². The number of nitrogens with two attached hydrogens (primary N) is 1. The van der Waals surface area contributed by atoms with Crippen LogP contribution in [0, 0.1) is 0 Å². The zero-order valence-electron chi connectivity index (χ0n) is 8.13. The summed E-state index contributed by atoms with van der Waals surface area (Å²) >= 11 is 3.35. The topological polar surface area (TPSA) is 58.3 Å². The molecule has 14 heavy (non-hydrogen) atoms. The van der Waals surface area contributed by atoms with Crippen molar-refractivity contribution in [2.45, 2.75) is 19.4 Å². The Balaban J connectivity index is 2.67. The van der Waals surface area contributed by atoms with Gasteiger partial charge in [0.05, 0.1) is 11.4 Å². The highest BCUT2D eigenvalue weighted by atomic mass is 79.9. The zero-order chi connectivity index (χ0) is 10.6. The third-order valence-corrected chi connectivity index (χ3v) is 2.47. The van der Waals surface area contributed by atoms with E-state index in [0.717, 1.165) is 16.6 Å². The van der Waals surface area contributed by atoms with Crippen molar-refractivity contribution >= 4 is 27.3 Å². The van der Waals surface area contributed by atoms with E-state index in [2.05, 4.69) is 21.2 Å². The molecule has 1 atom stereocenters. The maximum absolute atomic E-state index is 8.75. The summed E-state index contributed by atoms with van der Waals surface area (Å²) in [4.78, 5) is 0. The van der Waals surface area contributed by atoms with E-state index in [9.17, 15) is 0 Å². The number of aliphatic hydroxyl groups is 1. The molecule has 1 unspecified atom stereocenters. The average molecular weight is 259 g/mol. The van der Waals surface area contributed by atoms with Gasteiger partial charge in [0.1, 0.15) is 0 Å². The molecule has 0 spiro atoms. The van der Waals surface area contributed by atoms with Crippen LogP contribution in [0.2, 0.25) is 0 Å². The predicted octanol–water partition coefficient (Wildman–Crippen LogP) is 2.21. The lowest BCUT2D eigenvalue weighted by atomic mass is 10.2. The number of nitrogens with one attached hydrogen (secondary N) is 1. The van der Waals surface area contributed by atoms with E-state index in [-0.39, 0.29) is 12.6 Å². The molecule has 4 heteroatoms. The maximum atomic E-state index is 8.75. The molecule has 0 aliphatic carbocycles. The maximum Gasteiger partial charge on any atom is 0.0576 e. The third-order valence-electron chi connectivity index (χ3n) is 1.98. The number of hydrogen-bond donors (Lipinski definition) is 3. The Bertz CT molecular complexity index is 304. The van der Waals surface area contributed by atoms with Crippen molar-refractivity contribution in [2.24, 2.45) is 0 Å². The summed E-state index contributed by atoms with van der Waals surface area (Å²) in [5.74, 6) is 0. The molecular weight excluding hydrogens is 244 g/mol. The van der Waals surface area contributed by atoms with Crippen LogP contribution in [0.4, 0.5) is 11.4 Å². The van der Waals surface area contributed by atoms with Gasteiger partial charge in [-0.25, -0.2) is 0 Å². The van der Waals surface area contributed by atoms with Crippen LogP contribution in [0.15, 0.2) is 22.7 Å². The van der Waals surface area contributed by atoms with Gasteiger partial charge < -0.3 is 16.2 Å². The fraction of sp³-hybridized carbons (Fsp3) is 0.400. The number of anilines is 2. The Kier molecular flexibility index (Phi) is 4.22. The highest BCUT2D eigenvalue weighted by Gasteiger charge is 2.03. The van der Waals surface area contributed by atoms with Crippen molar-refractivity contribution in [2.75, 3.05) is 17.7 Å². The molecule has 78 valence electrons. The normalized spacial score (nSPS) is 12.5. The van der Waals surface area contributed by atoms with Gasteiger partial charge in [-0.2, -0.15) is 0 Å². The van der Waals surface area contributed by atoms with Crippen molar-refractivity contribution < 1.29 is 5.11 Å². The van der Waals surface area contributed by atoms with Gasteiger partial charge in [-0.05, 0) is 31.5 Å². The van der Waals surface area contributed by atoms with E-state index < -0.39 is 0 Å². The van der Waals surface area contributed by atoms with Crippen molar-refractivity contribution in [3.05, 3.63) is 22.7 Å². The van der Waals surface area contributed by atoms with Crippen molar-refractivity contribution in [3.8, 4) is 0 Å². The molecule has 0 aromatic heterocycles. The molecule has 0 bridgehead atoms. The summed E-state index contributed by atoms with van der Waals surface area (Å²) < 4.78 is 0.968. The lowest BCUT2D eigenvalue weighted by Gasteiger charge is -2.15. The van der Waals surface area contributed by atoms with Crippen LogP contribution in [0.5, 0.6) is 0 Å². The molecular formula is C10H15BrN2O. The minimum absolute atomic E-state index is 0.185. The fourth-order valence-corrected chi connectivity index (χ4v) is 1.58. The van der Waals surface area contributed by atoms with Crippen molar-refractivity contribution in [1.82, 2.24) is 0 Å². The quantitative estimate of drug-likeness (QED) is 0.726. The van der Waals surface area contributed by atoms with Crippen molar-refractivity contribution in [3.63, 3.8) is 0 Å². The molecule has 0 fully saturated rings. The molecule has 4 N–H and O–H groups in total. The largest absolute Gasteiger partial charge is 0.397 e. The van der Waals surface area contributed by atoms with Gasteiger partial charge in [0.25, 0.3) is 0 Å². The number of nitrogen functional groups attached to an aromatic ring is 1. The first-order chi connectivity index (χ1) is 6.63. The Labute approximate surface area is 92.4 Å². The standard InChI is InChI=1S/C10H15BrN2O/c1-7(4-5-14)13-10-3-2-8(11)6-9(10)12/h2-3,6-7,13-14H,4-5,12H2,1H3. The van der Waals surface area contributed by atoms with Crippen LogP contribution in [0.1, 0.15) is 13.3 Å². The average Bonchev–Trinajstić information content (AvgIpc) is 2.10. The van der Waals surface area contributed by atoms with E-state index in [1.165, 1.54) is 0 Å². The molecule has 0 radical (unpaired) electrons. The summed E-state index contributed by atoms with van der Waals surface area (Å²) in [5, 5.41) is 12.0. The summed E-state index contributed by atoms with van der Waals surface area (Å²) in [6, 6.07) is 5.94. The molecule has 1 aromatic carbocycles. The fourth-order valence-electron chi connectivity index (χ4n) is 1.20. The van der Waals surface area contributed by atoms with Gasteiger partial charge in [-0.1, -0.05) is 15.9 Å². The number of rotatable bonds is 4. The first-order valence-corrected chi connectivity index (χ1v) is 5.35. The van der Waals surface area contributed by atoms with Gasteiger partial charge in [0, 0.05) is 17.1 Å². The van der Waals surface area contributed by atoms with Crippen LogP contribution in [0.3, 0.4) is 0 Å². The number of aliphatic hydroxyl groups excluding tert-OH is 1. The second kappa shape index (κ2) is 5.22. The monoisotopic (exact) mass is 258 g/mol. The van der Waals surface area contributed by atoms with Gasteiger partial charge in [0.15, 0.2) is 0 Å². The van der Waals surface area contributed by atoms with E-state index in [1.807, 2.05) is 25.1 Å². The predicted molar refractivity (Wildman–Crippen MR) is 63.3 cm³/mol. The first kappa shape index (κ1) is 11.3. The molecule has 0 heterocycles. The highest BCUT2D eigenvalue weighted by Crippen LogP contribution is 2.23. The minimum atomic E-state index is 0.185. The third kappa shape index (κ3) is 3.20. The summed E-state index contributed by atoms with van der Waals surface area (Å²) in [6.45, 7) is 2.20. The molecule has 0 aliphatic rings. The Morgan fingerprint density at radius 1 is 1.57 bits per heavy atom. The molecule has 0 saturated carbocycles. The molecule has 0 aliphatic heterocycles. The molecule has 3 nitrogen and oxygen atoms in total. The number of benzene rings is 1. The zero-order valence-corrected chi connectivity index (χ0v) is 9.71. The number of halogens is 1. The first-order valence-electron chi connectivity index (χ1n) is 4.56. The van der Waals surface area contributed by atoms with E-state index >= 15 is 0 Å².